The Morgan fingerprint density at radius 1 is 0.931 bits per heavy atom. The number of ether oxygens (including phenoxy) is 2. The number of fused-ring (bicyclic) bond motifs is 2. The summed E-state index contributed by atoms with van der Waals surface area (Å²) in [6, 6.07) is 11.6. The van der Waals surface area contributed by atoms with Crippen molar-refractivity contribution >= 4 is 35.0 Å². The largest absolute Gasteiger partial charge is 0.454 e. The fourth-order valence-electron chi connectivity index (χ4n) is 3.69. The molecule has 2 aliphatic rings. The van der Waals surface area contributed by atoms with Gasteiger partial charge in [0.2, 0.25) is 6.79 Å². The molecule has 148 valence electrons. The highest BCUT2D eigenvalue weighted by molar-refractivity contribution is 7.98. The second kappa shape index (κ2) is 8.05. The first kappa shape index (κ1) is 19.0. The zero-order chi connectivity index (χ0) is 19.8. The van der Waals surface area contributed by atoms with E-state index in [0.29, 0.717) is 16.5 Å². The van der Waals surface area contributed by atoms with Gasteiger partial charge in [0.15, 0.2) is 16.7 Å². The topological polar surface area (TPSA) is 44.2 Å². The number of hydrogen-bond donors (Lipinski definition) is 0. The van der Waals surface area contributed by atoms with E-state index in [1.807, 2.05) is 36.4 Å². The number of benzene rings is 2. The Kier molecular flexibility index (Phi) is 5.29. The molecule has 0 unspecified atom stereocenters. The van der Waals surface area contributed by atoms with Crippen LogP contribution >= 0.6 is 35.0 Å². The standard InChI is InChI=1S/C22H18Cl2N2O2S/c23-15-7-5-13(6-8-15)21-16-3-1-2-4-18(16)25-22(26-21)29-11-14-9-19-20(10-17(14)24)28-12-27-19/h5-10H,1-4,11-12H2. The van der Waals surface area contributed by atoms with Crippen molar-refractivity contribution in [2.45, 2.75) is 36.6 Å². The quantitative estimate of drug-likeness (QED) is 0.346. The lowest BCUT2D eigenvalue weighted by Gasteiger charge is -2.19. The van der Waals surface area contributed by atoms with Crippen LogP contribution in [0.25, 0.3) is 11.3 Å². The van der Waals surface area contributed by atoms with Crippen molar-refractivity contribution in [3.05, 3.63) is 63.3 Å². The van der Waals surface area contributed by atoms with Gasteiger partial charge in [-0.05, 0) is 49.4 Å². The van der Waals surface area contributed by atoms with Crippen molar-refractivity contribution < 1.29 is 9.47 Å². The molecule has 1 aliphatic heterocycles. The van der Waals surface area contributed by atoms with Crippen molar-refractivity contribution in [2.24, 2.45) is 0 Å². The van der Waals surface area contributed by atoms with Crippen LogP contribution in [0, 0.1) is 0 Å². The van der Waals surface area contributed by atoms with E-state index in [-0.39, 0.29) is 6.79 Å². The number of thioether (sulfide) groups is 1. The van der Waals surface area contributed by atoms with Crippen LogP contribution in [0.15, 0.2) is 41.6 Å². The summed E-state index contributed by atoms with van der Waals surface area (Å²) >= 11 is 14.1. The number of aromatic nitrogens is 2. The van der Waals surface area contributed by atoms with Crippen LogP contribution in [0.2, 0.25) is 10.0 Å². The molecular weight excluding hydrogens is 427 g/mol. The number of halogens is 2. The zero-order valence-corrected chi connectivity index (χ0v) is 17.9. The Labute approximate surface area is 183 Å². The molecule has 29 heavy (non-hydrogen) atoms. The van der Waals surface area contributed by atoms with Gasteiger partial charge in [-0.1, -0.05) is 47.1 Å². The van der Waals surface area contributed by atoms with E-state index >= 15 is 0 Å². The summed E-state index contributed by atoms with van der Waals surface area (Å²) in [6.07, 6.45) is 4.36. The Balaban J connectivity index is 1.46. The van der Waals surface area contributed by atoms with E-state index in [2.05, 4.69) is 0 Å². The van der Waals surface area contributed by atoms with Crippen LogP contribution in [-0.2, 0) is 18.6 Å². The predicted octanol–water partition coefficient (Wildman–Crippen LogP) is 6.35. The molecule has 1 aromatic heterocycles. The van der Waals surface area contributed by atoms with Crippen LogP contribution in [0.3, 0.4) is 0 Å². The van der Waals surface area contributed by atoms with Gasteiger partial charge in [-0.3, -0.25) is 0 Å². The number of rotatable bonds is 4. The van der Waals surface area contributed by atoms with Gasteiger partial charge in [0, 0.05) is 38.7 Å². The summed E-state index contributed by atoms with van der Waals surface area (Å²) in [4.78, 5) is 9.77. The molecule has 1 aliphatic carbocycles. The zero-order valence-electron chi connectivity index (χ0n) is 15.6. The molecule has 0 amide bonds. The first-order valence-electron chi connectivity index (χ1n) is 9.54. The first-order chi connectivity index (χ1) is 14.2. The first-order valence-corrected chi connectivity index (χ1v) is 11.3. The van der Waals surface area contributed by atoms with Crippen molar-refractivity contribution in [1.82, 2.24) is 9.97 Å². The molecule has 5 rings (SSSR count). The minimum atomic E-state index is 0.237. The van der Waals surface area contributed by atoms with Gasteiger partial charge in [-0.25, -0.2) is 9.97 Å². The van der Waals surface area contributed by atoms with Gasteiger partial charge in [0.25, 0.3) is 0 Å². The van der Waals surface area contributed by atoms with Crippen molar-refractivity contribution in [1.29, 1.82) is 0 Å². The number of hydrogen-bond acceptors (Lipinski definition) is 5. The summed E-state index contributed by atoms with van der Waals surface area (Å²) in [6.45, 7) is 0.237. The highest BCUT2D eigenvalue weighted by Gasteiger charge is 2.20. The monoisotopic (exact) mass is 444 g/mol. The van der Waals surface area contributed by atoms with Crippen LogP contribution < -0.4 is 9.47 Å². The highest BCUT2D eigenvalue weighted by atomic mass is 35.5. The van der Waals surface area contributed by atoms with E-state index < -0.39 is 0 Å². The summed E-state index contributed by atoms with van der Waals surface area (Å²) in [5.41, 5.74) is 5.51. The average Bonchev–Trinajstić information content (AvgIpc) is 3.19. The number of nitrogens with zero attached hydrogens (tertiary/aromatic N) is 2. The lowest BCUT2D eigenvalue weighted by atomic mass is 9.92. The van der Waals surface area contributed by atoms with Gasteiger partial charge >= 0.3 is 0 Å². The third-order valence-electron chi connectivity index (χ3n) is 5.18. The van der Waals surface area contributed by atoms with E-state index in [4.69, 9.17) is 42.6 Å². The van der Waals surface area contributed by atoms with Crippen molar-refractivity contribution in [3.63, 3.8) is 0 Å². The molecule has 0 N–H and O–H groups in total. The van der Waals surface area contributed by atoms with Crippen molar-refractivity contribution in [2.75, 3.05) is 6.79 Å². The normalized spacial score (nSPS) is 14.7. The Morgan fingerprint density at radius 2 is 1.69 bits per heavy atom. The average molecular weight is 445 g/mol. The third kappa shape index (κ3) is 3.91. The maximum absolute atomic E-state index is 6.43. The SMILES string of the molecule is Clc1ccc(-c2nc(SCc3cc4c(cc3Cl)OCO4)nc3c2CCCC3)cc1. The minimum Gasteiger partial charge on any atom is -0.454 e. The van der Waals surface area contributed by atoms with Gasteiger partial charge in [-0.15, -0.1) is 0 Å². The molecule has 2 heterocycles. The second-order valence-electron chi connectivity index (χ2n) is 7.08. The summed E-state index contributed by atoms with van der Waals surface area (Å²) < 4.78 is 10.9. The molecule has 0 fully saturated rings. The molecular formula is C22H18Cl2N2O2S. The fourth-order valence-corrected chi connectivity index (χ4v) is 4.97. The molecule has 0 saturated heterocycles. The predicted molar refractivity (Wildman–Crippen MR) is 116 cm³/mol. The molecule has 4 nitrogen and oxygen atoms in total. The van der Waals surface area contributed by atoms with Crippen LogP contribution in [0.5, 0.6) is 11.5 Å². The molecule has 2 aromatic carbocycles. The lowest BCUT2D eigenvalue weighted by molar-refractivity contribution is 0.174. The molecule has 0 saturated carbocycles. The Morgan fingerprint density at radius 3 is 2.52 bits per heavy atom. The van der Waals surface area contributed by atoms with E-state index in [1.54, 1.807) is 11.8 Å². The van der Waals surface area contributed by atoms with Crippen molar-refractivity contribution in [3.8, 4) is 22.8 Å². The fraction of sp³-hybridized carbons (Fsp3) is 0.273. The Hall–Kier alpha value is -1.95. The summed E-state index contributed by atoms with van der Waals surface area (Å²) in [5.74, 6) is 2.09. The number of aryl methyl sites for hydroxylation is 1. The molecule has 7 heteroatoms. The minimum absolute atomic E-state index is 0.237. The van der Waals surface area contributed by atoms with Crippen LogP contribution in [0.4, 0.5) is 0 Å². The van der Waals surface area contributed by atoms with Gasteiger partial charge < -0.3 is 9.47 Å². The van der Waals surface area contributed by atoms with E-state index in [9.17, 15) is 0 Å². The van der Waals surface area contributed by atoms with Gasteiger partial charge in [0.1, 0.15) is 0 Å². The van der Waals surface area contributed by atoms with Crippen LogP contribution in [-0.4, -0.2) is 16.8 Å². The summed E-state index contributed by atoms with van der Waals surface area (Å²) in [5, 5.41) is 2.16. The lowest BCUT2D eigenvalue weighted by Crippen LogP contribution is -2.10. The molecule has 0 spiro atoms. The Bertz CT molecular complexity index is 1070. The van der Waals surface area contributed by atoms with Crippen LogP contribution in [0.1, 0.15) is 29.7 Å². The maximum Gasteiger partial charge on any atom is 0.231 e. The van der Waals surface area contributed by atoms with E-state index in [0.717, 1.165) is 51.3 Å². The second-order valence-corrected chi connectivity index (χ2v) is 8.87. The molecule has 0 bridgehead atoms. The molecule has 0 atom stereocenters. The van der Waals surface area contributed by atoms with Gasteiger partial charge in [0.05, 0.1) is 5.69 Å². The molecule has 0 radical (unpaired) electrons. The smallest absolute Gasteiger partial charge is 0.231 e. The van der Waals surface area contributed by atoms with Gasteiger partial charge in [-0.2, -0.15) is 0 Å². The molecule has 3 aromatic rings. The van der Waals surface area contributed by atoms with E-state index in [1.165, 1.54) is 18.4 Å². The maximum atomic E-state index is 6.43. The third-order valence-corrected chi connectivity index (χ3v) is 6.68. The summed E-state index contributed by atoms with van der Waals surface area (Å²) in [7, 11) is 0. The highest BCUT2D eigenvalue weighted by Crippen LogP contribution is 2.39.